The Morgan fingerprint density at radius 3 is 2.27 bits per heavy atom. The van der Waals surface area contributed by atoms with Gasteiger partial charge in [-0.2, -0.15) is 0 Å². The molecule has 7 rings (SSSR count). The number of hydrogen-bond donors (Lipinski definition) is 1. The molecule has 2 bridgehead atoms. The van der Waals surface area contributed by atoms with Crippen LogP contribution in [-0.2, 0) is 20.8 Å². The van der Waals surface area contributed by atoms with E-state index in [1.165, 1.54) is 4.90 Å². The van der Waals surface area contributed by atoms with Crippen molar-refractivity contribution in [2.24, 2.45) is 35.5 Å². The monoisotopic (exact) mass is 460 g/mol. The molecule has 1 N–H and O–H groups in total. The molecule has 2 aromatic carbocycles. The maximum absolute atomic E-state index is 13.7. The molecule has 0 spiro atoms. The first kappa shape index (κ1) is 20.7. The van der Waals surface area contributed by atoms with Crippen LogP contribution in [0, 0.1) is 42.4 Å². The number of nitrogens with one attached hydrogen (secondary N) is 1. The lowest BCUT2D eigenvalue weighted by molar-refractivity contribution is -0.146. The minimum absolute atomic E-state index is 0.128. The molecule has 4 aliphatic carbocycles. The fourth-order valence-electron chi connectivity index (χ4n) is 6.32. The smallest absolute Gasteiger partial charge is 0.248 e. The largest absolute Gasteiger partial charge is 0.324 e. The van der Waals surface area contributed by atoms with Gasteiger partial charge >= 0.3 is 0 Å². The van der Waals surface area contributed by atoms with E-state index in [1.54, 1.807) is 12.1 Å². The maximum Gasteiger partial charge on any atom is 0.248 e. The number of carbonyl (C=O) groups excluding carboxylic acids is 3. The van der Waals surface area contributed by atoms with Crippen molar-refractivity contribution >= 4 is 35.0 Å². The fourth-order valence-corrected chi connectivity index (χ4v) is 6.50. The van der Waals surface area contributed by atoms with E-state index in [1.807, 2.05) is 43.3 Å². The molecule has 1 saturated heterocycles. The Morgan fingerprint density at radius 1 is 1.03 bits per heavy atom. The number of benzene rings is 2. The van der Waals surface area contributed by atoms with Crippen molar-refractivity contribution in [3.63, 3.8) is 0 Å². The van der Waals surface area contributed by atoms with Crippen LogP contribution in [0.5, 0.6) is 0 Å². The van der Waals surface area contributed by atoms with Crippen LogP contribution >= 0.6 is 11.6 Å². The van der Waals surface area contributed by atoms with Gasteiger partial charge in [0.15, 0.2) is 0 Å². The zero-order valence-corrected chi connectivity index (χ0v) is 19.0. The Kier molecular flexibility index (Phi) is 4.73. The van der Waals surface area contributed by atoms with Crippen LogP contribution in [0.2, 0.25) is 5.02 Å². The van der Waals surface area contributed by atoms with E-state index in [0.29, 0.717) is 22.5 Å². The molecule has 33 heavy (non-hydrogen) atoms. The summed E-state index contributed by atoms with van der Waals surface area (Å²) in [5.74, 6) is -0.0917. The van der Waals surface area contributed by atoms with Crippen molar-refractivity contribution in [1.82, 2.24) is 4.90 Å². The highest BCUT2D eigenvalue weighted by Crippen LogP contribution is 2.65. The van der Waals surface area contributed by atoms with Crippen molar-refractivity contribution in [3.05, 3.63) is 76.8 Å². The molecule has 168 valence electrons. The number of anilines is 1. The van der Waals surface area contributed by atoms with Gasteiger partial charge in [-0.1, -0.05) is 60.2 Å². The molecule has 3 amide bonds. The average Bonchev–Trinajstić information content (AvgIpc) is 3.59. The lowest BCUT2D eigenvalue weighted by Gasteiger charge is -2.37. The zero-order chi connectivity index (χ0) is 22.9. The topological polar surface area (TPSA) is 66.5 Å². The predicted octanol–water partition coefficient (Wildman–Crippen LogP) is 4.25. The third kappa shape index (κ3) is 3.24. The van der Waals surface area contributed by atoms with Crippen molar-refractivity contribution in [3.8, 4) is 0 Å². The Balaban J connectivity index is 1.33. The average molecular weight is 461 g/mol. The summed E-state index contributed by atoms with van der Waals surface area (Å²) >= 11 is 6.24. The second-order valence-corrected chi connectivity index (χ2v) is 10.3. The molecule has 0 unspecified atom stereocenters. The van der Waals surface area contributed by atoms with Gasteiger partial charge in [0.25, 0.3) is 0 Å². The molecule has 3 fully saturated rings. The number of allylic oxidation sites excluding steroid dienone is 2. The van der Waals surface area contributed by atoms with Crippen LogP contribution < -0.4 is 5.32 Å². The highest BCUT2D eigenvalue weighted by molar-refractivity contribution is 6.31. The van der Waals surface area contributed by atoms with Gasteiger partial charge in [-0.25, -0.2) is 0 Å². The van der Waals surface area contributed by atoms with E-state index in [0.717, 1.165) is 17.5 Å². The van der Waals surface area contributed by atoms with Gasteiger partial charge in [-0.05, 0) is 60.3 Å². The first-order valence-electron chi connectivity index (χ1n) is 11.6. The molecular formula is C27H25ClN2O3. The molecule has 7 atom stereocenters. The summed E-state index contributed by atoms with van der Waals surface area (Å²) in [6.07, 6.45) is 5.68. The van der Waals surface area contributed by atoms with Gasteiger partial charge in [-0.15, -0.1) is 0 Å². The zero-order valence-electron chi connectivity index (χ0n) is 18.3. The third-order valence-corrected chi connectivity index (χ3v) is 8.43. The van der Waals surface area contributed by atoms with Crippen LogP contribution in [0.4, 0.5) is 5.69 Å². The summed E-state index contributed by atoms with van der Waals surface area (Å²) in [6.45, 7) is 1.89. The summed E-state index contributed by atoms with van der Waals surface area (Å²) < 4.78 is 0. The van der Waals surface area contributed by atoms with Crippen LogP contribution in [0.3, 0.4) is 0 Å². The number of amides is 3. The van der Waals surface area contributed by atoms with Crippen LogP contribution in [-0.4, -0.2) is 28.7 Å². The number of nitrogens with zero attached hydrogens (tertiary/aromatic N) is 1. The van der Waals surface area contributed by atoms with E-state index in [-0.39, 0.29) is 47.8 Å². The van der Waals surface area contributed by atoms with Crippen molar-refractivity contribution in [1.29, 1.82) is 0 Å². The van der Waals surface area contributed by atoms with Crippen LogP contribution in [0.25, 0.3) is 0 Å². The highest BCUT2D eigenvalue weighted by Gasteiger charge is 2.67. The van der Waals surface area contributed by atoms with Crippen molar-refractivity contribution < 1.29 is 14.4 Å². The van der Waals surface area contributed by atoms with E-state index in [2.05, 4.69) is 17.5 Å². The Morgan fingerprint density at radius 2 is 1.67 bits per heavy atom. The fraction of sp³-hybridized carbons (Fsp3) is 0.370. The second kappa shape index (κ2) is 7.56. The summed E-state index contributed by atoms with van der Waals surface area (Å²) in [5.41, 5.74) is 2.36. The second-order valence-electron chi connectivity index (χ2n) is 9.86. The Labute approximate surface area is 197 Å². The summed E-state index contributed by atoms with van der Waals surface area (Å²) in [4.78, 5) is 42.1. The molecule has 5 nitrogen and oxygen atoms in total. The first-order valence-corrected chi connectivity index (χ1v) is 12.0. The predicted molar refractivity (Wildman–Crippen MR) is 125 cm³/mol. The van der Waals surface area contributed by atoms with Crippen molar-refractivity contribution in [2.75, 3.05) is 5.32 Å². The van der Waals surface area contributed by atoms with E-state index < -0.39 is 6.04 Å². The van der Waals surface area contributed by atoms with Crippen LogP contribution in [0.1, 0.15) is 17.5 Å². The summed E-state index contributed by atoms with van der Waals surface area (Å²) in [7, 11) is 0. The van der Waals surface area contributed by atoms with Gasteiger partial charge in [0, 0.05) is 17.1 Å². The molecule has 1 heterocycles. The molecule has 1 aliphatic heterocycles. The van der Waals surface area contributed by atoms with E-state index in [4.69, 9.17) is 11.6 Å². The van der Waals surface area contributed by atoms with Gasteiger partial charge in [0.2, 0.25) is 17.7 Å². The van der Waals surface area contributed by atoms with Crippen LogP contribution in [0.15, 0.2) is 60.7 Å². The lowest BCUT2D eigenvalue weighted by atomic mass is 9.63. The number of likely N-dealkylation sites (tertiary alicyclic amines) is 1. The van der Waals surface area contributed by atoms with E-state index in [9.17, 15) is 14.4 Å². The number of halogens is 1. The summed E-state index contributed by atoms with van der Waals surface area (Å²) in [6, 6.07) is 13.9. The number of carbonyl (C=O) groups is 3. The summed E-state index contributed by atoms with van der Waals surface area (Å²) in [5, 5.41) is 3.45. The van der Waals surface area contributed by atoms with Gasteiger partial charge in [0.1, 0.15) is 6.04 Å². The third-order valence-electron chi connectivity index (χ3n) is 8.02. The van der Waals surface area contributed by atoms with Crippen molar-refractivity contribution in [2.45, 2.75) is 25.8 Å². The Bertz CT molecular complexity index is 1160. The number of rotatable bonds is 5. The molecule has 6 heteroatoms. The van der Waals surface area contributed by atoms with Gasteiger partial charge < -0.3 is 5.32 Å². The molecule has 0 radical (unpaired) electrons. The maximum atomic E-state index is 13.7. The molecular weight excluding hydrogens is 436 g/mol. The lowest BCUT2D eigenvalue weighted by Crippen LogP contribution is -2.49. The van der Waals surface area contributed by atoms with Gasteiger partial charge in [0.05, 0.1) is 11.8 Å². The number of aryl methyl sites for hydroxylation is 1. The highest BCUT2D eigenvalue weighted by atomic mass is 35.5. The standard InChI is InChI=1S/C27H25ClN2O3/c1-14-7-8-16(12-21(14)28)29-25(31)22(11-15-5-3-2-4-6-15)30-26(32)23-17-9-10-18(20-13-19(17)20)24(23)27(30)33/h2-10,12,17-20,22-24H,11,13H2,1H3,(H,29,31)/t17-,18-,19-,20+,22-,23+,24+/m0/s1. The van der Waals surface area contributed by atoms with Gasteiger partial charge in [-0.3, -0.25) is 19.3 Å². The molecule has 2 aromatic rings. The normalized spacial score (nSPS) is 31.9. The number of imide groups is 1. The Hall–Kier alpha value is -2.92. The minimum Gasteiger partial charge on any atom is -0.324 e. The molecule has 0 aromatic heterocycles. The quantitative estimate of drug-likeness (QED) is 0.535. The minimum atomic E-state index is -0.909. The first-order chi connectivity index (χ1) is 15.9. The molecule has 5 aliphatic rings. The van der Waals surface area contributed by atoms with E-state index >= 15 is 0 Å². The number of hydrogen-bond acceptors (Lipinski definition) is 3. The SMILES string of the molecule is Cc1ccc(NC(=O)[C@H](Cc2ccccc2)N2C(=O)[C@@H]3[C@H]4C=C[C@@H]([C@@H]5C[C@H]45)[C@H]3C2=O)cc1Cl. The molecule has 2 saturated carbocycles.